The minimum atomic E-state index is 0.113. The fourth-order valence-electron chi connectivity index (χ4n) is 2.19. The van der Waals surface area contributed by atoms with Gasteiger partial charge in [0.15, 0.2) is 0 Å². The molecule has 1 aliphatic rings. The molecule has 4 heteroatoms. The van der Waals surface area contributed by atoms with E-state index in [2.05, 4.69) is 12.1 Å². The molecule has 0 bridgehead atoms. The lowest BCUT2D eigenvalue weighted by atomic mass is 10.1. The molecule has 0 saturated carbocycles. The Kier molecular flexibility index (Phi) is 4.31. The summed E-state index contributed by atoms with van der Waals surface area (Å²) in [5.41, 5.74) is 8.87. The quantitative estimate of drug-likeness (QED) is 0.815. The number of hydrogen-bond donors (Lipinski definition) is 1. The van der Waals surface area contributed by atoms with Gasteiger partial charge in [0.05, 0.1) is 13.7 Å². The predicted octanol–water partition coefficient (Wildman–Crippen LogP) is 2.00. The number of methoxy groups -OCH3 is 2. The summed E-state index contributed by atoms with van der Waals surface area (Å²) in [4.78, 5) is 0. The molecule has 2 N–H and O–H groups in total. The van der Waals surface area contributed by atoms with Crippen LogP contribution in [0.4, 0.5) is 0 Å². The number of benzene rings is 1. The van der Waals surface area contributed by atoms with Gasteiger partial charge in [0, 0.05) is 24.2 Å². The summed E-state index contributed by atoms with van der Waals surface area (Å²) in [5, 5.41) is 0.465. The number of fused-ring (bicyclic) bond motifs is 1. The van der Waals surface area contributed by atoms with E-state index in [0.29, 0.717) is 5.25 Å². The average molecular weight is 253 g/mol. The normalized spacial score (nSPS) is 22.5. The Balaban J connectivity index is 2.04. The number of ether oxygens (including phenoxy) is 2. The molecule has 2 unspecified atom stereocenters. The van der Waals surface area contributed by atoms with E-state index >= 15 is 0 Å². The Morgan fingerprint density at radius 1 is 1.41 bits per heavy atom. The van der Waals surface area contributed by atoms with Crippen molar-refractivity contribution in [1.82, 2.24) is 0 Å². The molecule has 0 radical (unpaired) electrons. The minimum absolute atomic E-state index is 0.113. The maximum atomic E-state index is 6.28. The van der Waals surface area contributed by atoms with E-state index in [-0.39, 0.29) is 6.04 Å². The van der Waals surface area contributed by atoms with Crippen molar-refractivity contribution in [1.29, 1.82) is 0 Å². The highest BCUT2D eigenvalue weighted by molar-refractivity contribution is 8.00. The summed E-state index contributed by atoms with van der Waals surface area (Å²) < 4.78 is 10.3. The lowest BCUT2D eigenvalue weighted by molar-refractivity contribution is 0.218. The molecule has 1 aromatic carbocycles. The zero-order valence-corrected chi connectivity index (χ0v) is 11.1. The van der Waals surface area contributed by atoms with Crippen molar-refractivity contribution < 1.29 is 9.47 Å². The number of nitrogens with two attached hydrogens (primary N) is 1. The fourth-order valence-corrected chi connectivity index (χ4v) is 3.40. The third kappa shape index (κ3) is 2.76. The summed E-state index contributed by atoms with van der Waals surface area (Å²) in [6.07, 6.45) is 1.05. The molecule has 2 atom stereocenters. The van der Waals surface area contributed by atoms with E-state index in [4.69, 9.17) is 15.2 Å². The van der Waals surface area contributed by atoms with Gasteiger partial charge >= 0.3 is 0 Å². The first-order valence-electron chi connectivity index (χ1n) is 5.79. The molecule has 17 heavy (non-hydrogen) atoms. The van der Waals surface area contributed by atoms with Gasteiger partial charge in [-0.05, 0) is 29.7 Å². The van der Waals surface area contributed by atoms with Crippen LogP contribution in [0.1, 0.15) is 17.2 Å². The summed E-state index contributed by atoms with van der Waals surface area (Å²) in [6.45, 7) is 0.785. The topological polar surface area (TPSA) is 44.5 Å². The van der Waals surface area contributed by atoms with Gasteiger partial charge in [-0.15, -0.1) is 0 Å². The second-order valence-corrected chi connectivity index (χ2v) is 5.54. The molecule has 0 amide bonds. The second-order valence-electron chi connectivity index (χ2n) is 4.20. The monoisotopic (exact) mass is 253 g/mol. The lowest BCUT2D eigenvalue weighted by Crippen LogP contribution is -2.20. The zero-order chi connectivity index (χ0) is 12.3. The van der Waals surface area contributed by atoms with Gasteiger partial charge in [-0.25, -0.2) is 0 Å². The fraction of sp³-hybridized carbons (Fsp3) is 0.538. The van der Waals surface area contributed by atoms with Crippen molar-refractivity contribution in [2.24, 2.45) is 5.73 Å². The molecule has 0 heterocycles. The Morgan fingerprint density at radius 3 is 2.94 bits per heavy atom. The molecule has 0 spiro atoms. The Hall–Kier alpha value is -0.710. The summed E-state index contributed by atoms with van der Waals surface area (Å²) in [6, 6.07) is 6.32. The van der Waals surface area contributed by atoms with Crippen LogP contribution in [0.25, 0.3) is 0 Å². The maximum absolute atomic E-state index is 6.28. The van der Waals surface area contributed by atoms with Crippen LogP contribution in [-0.4, -0.2) is 31.8 Å². The third-order valence-electron chi connectivity index (χ3n) is 3.15. The molecule has 1 aromatic rings. The molecule has 0 aromatic heterocycles. The first-order chi connectivity index (χ1) is 8.26. The standard InChI is InChI=1S/C13H19NO2S/c1-15-5-6-17-12-7-9-3-4-10(16-2)8-11(9)13(12)14/h3-4,8,12-13H,5-7,14H2,1-2H3. The van der Waals surface area contributed by atoms with Crippen LogP contribution in [0.15, 0.2) is 18.2 Å². The molecule has 0 saturated heterocycles. The van der Waals surface area contributed by atoms with Gasteiger partial charge in [0.2, 0.25) is 0 Å². The predicted molar refractivity (Wildman–Crippen MR) is 71.7 cm³/mol. The van der Waals surface area contributed by atoms with Gasteiger partial charge in [0.25, 0.3) is 0 Å². The molecule has 2 rings (SSSR count). The highest BCUT2D eigenvalue weighted by Gasteiger charge is 2.30. The second kappa shape index (κ2) is 5.76. The molecular formula is C13H19NO2S. The van der Waals surface area contributed by atoms with Gasteiger partial charge in [-0.3, -0.25) is 0 Å². The molecular weight excluding hydrogens is 234 g/mol. The van der Waals surface area contributed by atoms with Crippen LogP contribution in [-0.2, 0) is 11.2 Å². The molecule has 1 aliphatic carbocycles. The molecule has 94 valence electrons. The first-order valence-corrected chi connectivity index (χ1v) is 6.84. The van der Waals surface area contributed by atoms with Crippen molar-refractivity contribution in [3.63, 3.8) is 0 Å². The average Bonchev–Trinajstić information content (AvgIpc) is 2.66. The smallest absolute Gasteiger partial charge is 0.119 e. The Labute approximate surface area is 107 Å². The lowest BCUT2D eigenvalue weighted by Gasteiger charge is -2.15. The summed E-state index contributed by atoms with van der Waals surface area (Å²) in [7, 11) is 3.42. The number of rotatable bonds is 5. The van der Waals surface area contributed by atoms with E-state index in [9.17, 15) is 0 Å². The van der Waals surface area contributed by atoms with Crippen LogP contribution in [0.5, 0.6) is 5.75 Å². The maximum Gasteiger partial charge on any atom is 0.119 e. The zero-order valence-electron chi connectivity index (χ0n) is 10.3. The van der Waals surface area contributed by atoms with Gasteiger partial charge in [-0.1, -0.05) is 6.07 Å². The van der Waals surface area contributed by atoms with Crippen molar-refractivity contribution in [3.05, 3.63) is 29.3 Å². The molecule has 3 nitrogen and oxygen atoms in total. The van der Waals surface area contributed by atoms with Crippen molar-refractivity contribution in [2.45, 2.75) is 17.7 Å². The van der Waals surface area contributed by atoms with Crippen molar-refractivity contribution >= 4 is 11.8 Å². The third-order valence-corrected chi connectivity index (χ3v) is 4.44. The van der Waals surface area contributed by atoms with Gasteiger partial charge in [0.1, 0.15) is 5.75 Å². The van der Waals surface area contributed by atoms with Crippen LogP contribution in [0.2, 0.25) is 0 Å². The summed E-state index contributed by atoms with van der Waals surface area (Å²) >= 11 is 1.90. The van der Waals surface area contributed by atoms with E-state index in [1.807, 2.05) is 17.8 Å². The van der Waals surface area contributed by atoms with Gasteiger partial charge < -0.3 is 15.2 Å². The van der Waals surface area contributed by atoms with E-state index in [1.54, 1.807) is 14.2 Å². The van der Waals surface area contributed by atoms with Crippen molar-refractivity contribution in [3.8, 4) is 5.75 Å². The highest BCUT2D eigenvalue weighted by atomic mass is 32.2. The van der Waals surface area contributed by atoms with E-state index in [1.165, 1.54) is 11.1 Å². The SMILES string of the molecule is COCCSC1Cc2ccc(OC)cc2C1N. The highest BCUT2D eigenvalue weighted by Crippen LogP contribution is 2.38. The van der Waals surface area contributed by atoms with Crippen LogP contribution < -0.4 is 10.5 Å². The molecule has 0 fully saturated rings. The Morgan fingerprint density at radius 2 is 2.24 bits per heavy atom. The number of hydrogen-bond acceptors (Lipinski definition) is 4. The van der Waals surface area contributed by atoms with Gasteiger partial charge in [-0.2, -0.15) is 11.8 Å². The summed E-state index contributed by atoms with van der Waals surface area (Å²) in [5.74, 6) is 1.89. The molecule has 0 aliphatic heterocycles. The van der Waals surface area contributed by atoms with Crippen LogP contribution in [0, 0.1) is 0 Å². The minimum Gasteiger partial charge on any atom is -0.497 e. The number of thioether (sulfide) groups is 1. The van der Waals surface area contributed by atoms with Crippen LogP contribution in [0.3, 0.4) is 0 Å². The van der Waals surface area contributed by atoms with E-state index in [0.717, 1.165) is 24.5 Å². The van der Waals surface area contributed by atoms with Crippen molar-refractivity contribution in [2.75, 3.05) is 26.6 Å². The first kappa shape index (κ1) is 12.7. The largest absolute Gasteiger partial charge is 0.497 e. The van der Waals surface area contributed by atoms with Crippen LogP contribution >= 0.6 is 11.8 Å². The Bertz CT molecular complexity index is 384. The van der Waals surface area contributed by atoms with E-state index < -0.39 is 0 Å².